The van der Waals surface area contributed by atoms with Crippen molar-refractivity contribution in [3.63, 3.8) is 0 Å². The molecule has 0 radical (unpaired) electrons. The summed E-state index contributed by atoms with van der Waals surface area (Å²) >= 11 is 0. The largest absolute Gasteiger partial charge is 0.313 e. The summed E-state index contributed by atoms with van der Waals surface area (Å²) in [5.41, 5.74) is 0.682. The Morgan fingerprint density at radius 2 is 1.85 bits per heavy atom. The molecule has 0 aliphatic heterocycles. The molecular formula is C14H21F2NO2S. The van der Waals surface area contributed by atoms with Gasteiger partial charge in [-0.1, -0.05) is 19.9 Å². The minimum atomic E-state index is -3.02. The topological polar surface area (TPSA) is 46.2 Å². The monoisotopic (exact) mass is 305 g/mol. The fraction of sp³-hybridized carbons (Fsp3) is 0.571. The minimum absolute atomic E-state index is 0.0307. The van der Waals surface area contributed by atoms with Gasteiger partial charge in [0.25, 0.3) is 0 Å². The normalized spacial score (nSPS) is 15.1. The molecule has 0 unspecified atom stereocenters. The average Bonchev–Trinajstić information content (AvgIpc) is 2.38. The predicted molar refractivity (Wildman–Crippen MR) is 76.6 cm³/mol. The maximum atomic E-state index is 13.1. The van der Waals surface area contributed by atoms with Crippen LogP contribution in [-0.4, -0.2) is 32.5 Å². The molecular weight excluding hydrogens is 284 g/mol. The van der Waals surface area contributed by atoms with E-state index in [1.807, 2.05) is 6.92 Å². The molecule has 0 bridgehead atoms. The van der Waals surface area contributed by atoms with Gasteiger partial charge in [0.05, 0.1) is 5.75 Å². The standard InChI is InChI=1S/C14H21F2NO2S/c1-4-20(18,19)9-11(3)17-8-10(2)12-5-6-13(15)14(16)7-12/h5-7,10-11,17H,4,8-9H2,1-3H3/t10-,11+/m0/s1. The van der Waals surface area contributed by atoms with E-state index >= 15 is 0 Å². The molecule has 0 aliphatic rings. The summed E-state index contributed by atoms with van der Waals surface area (Å²) in [5, 5.41) is 3.11. The third-order valence-corrected chi connectivity index (χ3v) is 5.12. The van der Waals surface area contributed by atoms with Crippen LogP contribution in [0.2, 0.25) is 0 Å². The highest BCUT2D eigenvalue weighted by molar-refractivity contribution is 7.91. The fourth-order valence-electron chi connectivity index (χ4n) is 1.87. The van der Waals surface area contributed by atoms with Crippen molar-refractivity contribution in [3.8, 4) is 0 Å². The Balaban J connectivity index is 2.54. The molecule has 0 saturated carbocycles. The van der Waals surface area contributed by atoms with E-state index in [-0.39, 0.29) is 23.5 Å². The second kappa shape index (κ2) is 7.13. The zero-order valence-corrected chi connectivity index (χ0v) is 12.8. The number of rotatable bonds is 7. The van der Waals surface area contributed by atoms with Crippen LogP contribution in [0.4, 0.5) is 8.78 Å². The van der Waals surface area contributed by atoms with Crippen LogP contribution in [0.1, 0.15) is 32.3 Å². The third-order valence-electron chi connectivity index (χ3n) is 3.23. The Labute approximate surface area is 119 Å². The molecule has 3 nitrogen and oxygen atoms in total. The van der Waals surface area contributed by atoms with Crippen LogP contribution < -0.4 is 5.32 Å². The summed E-state index contributed by atoms with van der Waals surface area (Å²) in [4.78, 5) is 0. The van der Waals surface area contributed by atoms with E-state index in [9.17, 15) is 17.2 Å². The lowest BCUT2D eigenvalue weighted by Crippen LogP contribution is -2.35. The summed E-state index contributed by atoms with van der Waals surface area (Å²) < 4.78 is 48.9. The Bertz CT molecular complexity index is 546. The predicted octanol–water partition coefficient (Wildman–Crippen LogP) is 2.48. The molecule has 1 aromatic carbocycles. The van der Waals surface area contributed by atoms with Gasteiger partial charge in [0, 0.05) is 18.3 Å². The third kappa shape index (κ3) is 5.17. The molecule has 114 valence electrons. The Hall–Kier alpha value is -1.01. The number of hydrogen-bond donors (Lipinski definition) is 1. The highest BCUT2D eigenvalue weighted by Gasteiger charge is 2.15. The maximum Gasteiger partial charge on any atom is 0.159 e. The number of benzene rings is 1. The van der Waals surface area contributed by atoms with Gasteiger partial charge >= 0.3 is 0 Å². The van der Waals surface area contributed by atoms with Crippen molar-refractivity contribution >= 4 is 9.84 Å². The molecule has 0 aromatic heterocycles. The first-order chi connectivity index (χ1) is 9.25. The molecule has 0 spiro atoms. The zero-order chi connectivity index (χ0) is 15.3. The number of halogens is 2. The van der Waals surface area contributed by atoms with Crippen LogP contribution in [0.15, 0.2) is 18.2 Å². The van der Waals surface area contributed by atoms with Crippen molar-refractivity contribution in [1.29, 1.82) is 0 Å². The van der Waals surface area contributed by atoms with Gasteiger partial charge < -0.3 is 5.32 Å². The molecule has 0 amide bonds. The molecule has 20 heavy (non-hydrogen) atoms. The van der Waals surface area contributed by atoms with Crippen LogP contribution in [0.3, 0.4) is 0 Å². The van der Waals surface area contributed by atoms with Gasteiger partial charge in [-0.15, -0.1) is 0 Å². The SMILES string of the molecule is CCS(=O)(=O)C[C@@H](C)NC[C@H](C)c1ccc(F)c(F)c1. The lowest BCUT2D eigenvalue weighted by Gasteiger charge is -2.18. The Kier molecular flexibility index (Phi) is 6.07. The second-order valence-corrected chi connectivity index (χ2v) is 7.48. The molecule has 0 saturated heterocycles. The molecule has 1 aromatic rings. The van der Waals surface area contributed by atoms with Crippen LogP contribution in [-0.2, 0) is 9.84 Å². The number of hydrogen-bond acceptors (Lipinski definition) is 3. The van der Waals surface area contributed by atoms with Crippen LogP contribution in [0, 0.1) is 11.6 Å². The molecule has 0 fully saturated rings. The van der Waals surface area contributed by atoms with Crippen LogP contribution in [0.5, 0.6) is 0 Å². The fourth-order valence-corrected chi connectivity index (χ4v) is 2.99. The Morgan fingerprint density at radius 3 is 2.40 bits per heavy atom. The molecule has 1 N–H and O–H groups in total. The van der Waals surface area contributed by atoms with Gasteiger partial charge in [-0.3, -0.25) is 0 Å². The summed E-state index contributed by atoms with van der Waals surface area (Å²) in [7, 11) is -3.02. The lowest BCUT2D eigenvalue weighted by atomic mass is 10.0. The number of nitrogens with one attached hydrogen (secondary N) is 1. The lowest BCUT2D eigenvalue weighted by molar-refractivity contribution is 0.501. The van der Waals surface area contributed by atoms with Gasteiger partial charge in [0.15, 0.2) is 21.5 Å². The highest BCUT2D eigenvalue weighted by Crippen LogP contribution is 2.17. The van der Waals surface area contributed by atoms with E-state index in [1.165, 1.54) is 12.1 Å². The van der Waals surface area contributed by atoms with Gasteiger partial charge in [-0.05, 0) is 30.5 Å². The second-order valence-electron chi connectivity index (χ2n) is 5.08. The van der Waals surface area contributed by atoms with Crippen molar-refractivity contribution in [3.05, 3.63) is 35.4 Å². The first kappa shape index (κ1) is 17.0. The first-order valence-corrected chi connectivity index (χ1v) is 8.46. The summed E-state index contributed by atoms with van der Waals surface area (Å²) in [6, 6.07) is 3.65. The van der Waals surface area contributed by atoms with Crippen molar-refractivity contribution < 1.29 is 17.2 Å². The van der Waals surface area contributed by atoms with Crippen molar-refractivity contribution in [2.24, 2.45) is 0 Å². The maximum absolute atomic E-state index is 13.1. The summed E-state index contributed by atoms with van der Waals surface area (Å²) in [6.07, 6.45) is 0. The van der Waals surface area contributed by atoms with Crippen LogP contribution in [0.25, 0.3) is 0 Å². The summed E-state index contributed by atoms with van der Waals surface area (Å²) in [6.45, 7) is 5.79. The zero-order valence-electron chi connectivity index (χ0n) is 12.0. The molecule has 0 heterocycles. The highest BCUT2D eigenvalue weighted by atomic mass is 32.2. The average molecular weight is 305 g/mol. The van der Waals surface area contributed by atoms with Crippen molar-refractivity contribution in [1.82, 2.24) is 5.32 Å². The summed E-state index contributed by atoms with van der Waals surface area (Å²) in [5.74, 6) is -1.56. The van der Waals surface area contributed by atoms with Gasteiger partial charge in [0.1, 0.15) is 0 Å². The minimum Gasteiger partial charge on any atom is -0.313 e. The molecule has 1 rings (SSSR count). The smallest absolute Gasteiger partial charge is 0.159 e. The van der Waals surface area contributed by atoms with Crippen molar-refractivity contribution in [2.75, 3.05) is 18.1 Å². The number of sulfone groups is 1. The Morgan fingerprint density at radius 1 is 1.20 bits per heavy atom. The van der Waals surface area contributed by atoms with Crippen LogP contribution >= 0.6 is 0 Å². The van der Waals surface area contributed by atoms with E-state index in [1.54, 1.807) is 13.8 Å². The van der Waals surface area contributed by atoms with Gasteiger partial charge in [0.2, 0.25) is 0 Å². The van der Waals surface area contributed by atoms with Gasteiger partial charge in [-0.2, -0.15) is 0 Å². The molecule has 2 atom stereocenters. The van der Waals surface area contributed by atoms with Gasteiger partial charge in [-0.25, -0.2) is 17.2 Å². The first-order valence-electron chi connectivity index (χ1n) is 6.64. The quantitative estimate of drug-likeness (QED) is 0.842. The molecule has 0 aliphatic carbocycles. The molecule has 6 heteroatoms. The van der Waals surface area contributed by atoms with Crippen molar-refractivity contribution in [2.45, 2.75) is 32.7 Å². The van der Waals surface area contributed by atoms with E-state index in [0.29, 0.717) is 12.1 Å². The van der Waals surface area contributed by atoms with E-state index in [2.05, 4.69) is 5.32 Å². The van der Waals surface area contributed by atoms with E-state index in [0.717, 1.165) is 6.07 Å². The van der Waals surface area contributed by atoms with E-state index in [4.69, 9.17) is 0 Å². The van der Waals surface area contributed by atoms with E-state index < -0.39 is 21.5 Å².